The highest BCUT2D eigenvalue weighted by molar-refractivity contribution is 5.85. The fourth-order valence-electron chi connectivity index (χ4n) is 4.20. The molecule has 2 aliphatic rings. The van der Waals surface area contributed by atoms with Crippen molar-refractivity contribution in [2.24, 2.45) is 0 Å². The third-order valence-corrected chi connectivity index (χ3v) is 5.82. The van der Waals surface area contributed by atoms with Gasteiger partial charge in [0.1, 0.15) is 5.82 Å². The van der Waals surface area contributed by atoms with Crippen LogP contribution in [0.2, 0.25) is 0 Å². The average Bonchev–Trinajstić information content (AvgIpc) is 3.19. The van der Waals surface area contributed by atoms with E-state index in [0.29, 0.717) is 6.61 Å². The molecule has 0 amide bonds. The second-order valence-electron chi connectivity index (χ2n) is 7.63. The number of rotatable bonds is 7. The summed E-state index contributed by atoms with van der Waals surface area (Å²) in [7, 11) is 1.71. The first-order valence-electron chi connectivity index (χ1n) is 10.3. The molecule has 1 heterocycles. The van der Waals surface area contributed by atoms with Crippen molar-refractivity contribution in [2.75, 3.05) is 51.3 Å². The minimum absolute atomic E-state index is 0. The number of aryl methyl sites for hydroxylation is 2. The summed E-state index contributed by atoms with van der Waals surface area (Å²) in [5.41, 5.74) is 3.92. The molecule has 0 saturated carbocycles. The second kappa shape index (κ2) is 10.2. The Kier molecular flexibility index (Phi) is 7.62. The van der Waals surface area contributed by atoms with Gasteiger partial charge in [0, 0.05) is 38.4 Å². The predicted molar refractivity (Wildman–Crippen MR) is 117 cm³/mol. The number of benzene rings is 2. The highest BCUT2D eigenvalue weighted by atomic mass is 35.5. The van der Waals surface area contributed by atoms with Crippen molar-refractivity contribution in [3.63, 3.8) is 0 Å². The van der Waals surface area contributed by atoms with Crippen LogP contribution in [0.1, 0.15) is 24.0 Å². The molecule has 4 rings (SSSR count). The van der Waals surface area contributed by atoms with E-state index in [4.69, 9.17) is 9.47 Å². The topological polar surface area (TPSA) is 24.9 Å². The third-order valence-electron chi connectivity index (χ3n) is 5.82. The number of hydrogen-bond donors (Lipinski definition) is 0. The first kappa shape index (κ1) is 21.7. The van der Waals surface area contributed by atoms with Gasteiger partial charge in [-0.2, -0.15) is 0 Å². The van der Waals surface area contributed by atoms with Crippen LogP contribution in [-0.4, -0.2) is 51.3 Å². The van der Waals surface area contributed by atoms with Gasteiger partial charge in [-0.15, -0.1) is 12.4 Å². The van der Waals surface area contributed by atoms with Crippen molar-refractivity contribution in [1.82, 2.24) is 4.90 Å². The quantitative estimate of drug-likeness (QED) is 0.622. The molecular weight excluding hydrogens is 391 g/mol. The smallest absolute Gasteiger partial charge is 0.161 e. The van der Waals surface area contributed by atoms with Crippen molar-refractivity contribution in [3.05, 3.63) is 53.3 Å². The van der Waals surface area contributed by atoms with E-state index in [1.807, 2.05) is 12.1 Å². The van der Waals surface area contributed by atoms with Crippen molar-refractivity contribution in [1.29, 1.82) is 0 Å². The molecule has 6 heteroatoms. The fourth-order valence-corrected chi connectivity index (χ4v) is 4.20. The van der Waals surface area contributed by atoms with Gasteiger partial charge in [-0.1, -0.05) is 0 Å². The van der Waals surface area contributed by atoms with Crippen LogP contribution >= 0.6 is 12.4 Å². The maximum absolute atomic E-state index is 13.1. The number of hydrogen-bond acceptors (Lipinski definition) is 4. The summed E-state index contributed by atoms with van der Waals surface area (Å²) in [5.74, 6) is 1.56. The fraction of sp³-hybridized carbons (Fsp3) is 0.478. The maximum atomic E-state index is 13.1. The largest absolute Gasteiger partial charge is 0.493 e. The molecule has 0 spiro atoms. The Labute approximate surface area is 179 Å². The standard InChI is InChI=1S/C23H29FN2O2.ClH/c1-27-22-16-18-4-2-5-19(18)17-23(22)28-15-3-10-25-11-13-26(14-12-25)21-8-6-20(24)7-9-21;/h6-9,16-17H,2-5,10-15H2,1H3;1H. The van der Waals surface area contributed by atoms with E-state index in [-0.39, 0.29) is 18.2 Å². The van der Waals surface area contributed by atoms with Crippen LogP contribution < -0.4 is 14.4 Å². The summed E-state index contributed by atoms with van der Waals surface area (Å²) < 4.78 is 24.6. The van der Waals surface area contributed by atoms with Gasteiger partial charge < -0.3 is 14.4 Å². The Bertz CT molecular complexity index is 792. The predicted octanol–water partition coefficient (Wildman–Crippen LogP) is 4.34. The molecular formula is C23H30ClFN2O2. The van der Waals surface area contributed by atoms with Gasteiger partial charge in [0.25, 0.3) is 0 Å². The van der Waals surface area contributed by atoms with E-state index in [0.717, 1.165) is 69.2 Å². The monoisotopic (exact) mass is 420 g/mol. The Morgan fingerprint density at radius 3 is 2.24 bits per heavy atom. The molecule has 2 aromatic rings. The third kappa shape index (κ3) is 5.34. The maximum Gasteiger partial charge on any atom is 0.161 e. The highest BCUT2D eigenvalue weighted by Gasteiger charge is 2.18. The van der Waals surface area contributed by atoms with Crippen LogP contribution in [0.4, 0.5) is 10.1 Å². The lowest BCUT2D eigenvalue weighted by atomic mass is 10.1. The lowest BCUT2D eigenvalue weighted by molar-refractivity contribution is 0.221. The summed E-state index contributed by atoms with van der Waals surface area (Å²) in [5, 5.41) is 0. The molecule has 1 aliphatic carbocycles. The van der Waals surface area contributed by atoms with Crippen LogP contribution in [0.5, 0.6) is 11.5 Å². The first-order valence-corrected chi connectivity index (χ1v) is 10.3. The van der Waals surface area contributed by atoms with Crippen LogP contribution in [0, 0.1) is 5.82 Å². The van der Waals surface area contributed by atoms with Gasteiger partial charge >= 0.3 is 0 Å². The summed E-state index contributed by atoms with van der Waals surface area (Å²) in [6.45, 7) is 5.74. The minimum Gasteiger partial charge on any atom is -0.493 e. The Hall–Kier alpha value is -1.98. The molecule has 2 aromatic carbocycles. The van der Waals surface area contributed by atoms with Gasteiger partial charge in [-0.05, 0) is 73.2 Å². The lowest BCUT2D eigenvalue weighted by Gasteiger charge is -2.36. The van der Waals surface area contributed by atoms with Gasteiger partial charge in [0.15, 0.2) is 11.5 Å². The molecule has 4 nitrogen and oxygen atoms in total. The number of halogens is 2. The molecule has 0 radical (unpaired) electrons. The summed E-state index contributed by atoms with van der Waals surface area (Å²) in [4.78, 5) is 4.80. The summed E-state index contributed by atoms with van der Waals surface area (Å²) in [6, 6.07) is 11.1. The Morgan fingerprint density at radius 2 is 1.59 bits per heavy atom. The van der Waals surface area contributed by atoms with E-state index in [2.05, 4.69) is 21.9 Å². The Morgan fingerprint density at radius 1 is 0.931 bits per heavy atom. The van der Waals surface area contributed by atoms with E-state index >= 15 is 0 Å². The molecule has 1 aliphatic heterocycles. The van der Waals surface area contributed by atoms with E-state index in [9.17, 15) is 4.39 Å². The number of piperazine rings is 1. The number of fused-ring (bicyclic) bond motifs is 1. The van der Waals surface area contributed by atoms with Gasteiger partial charge in [0.05, 0.1) is 13.7 Å². The molecule has 0 unspecified atom stereocenters. The average molecular weight is 421 g/mol. The Balaban J connectivity index is 0.00000240. The molecule has 1 fully saturated rings. The molecule has 1 saturated heterocycles. The highest BCUT2D eigenvalue weighted by Crippen LogP contribution is 2.35. The zero-order chi connectivity index (χ0) is 19.3. The summed E-state index contributed by atoms with van der Waals surface area (Å²) in [6.07, 6.45) is 4.52. The van der Waals surface area contributed by atoms with E-state index in [1.165, 1.54) is 29.7 Å². The van der Waals surface area contributed by atoms with E-state index < -0.39 is 0 Å². The molecule has 0 N–H and O–H groups in total. The van der Waals surface area contributed by atoms with Gasteiger partial charge in [0.2, 0.25) is 0 Å². The van der Waals surface area contributed by atoms with Crippen LogP contribution in [0.3, 0.4) is 0 Å². The van der Waals surface area contributed by atoms with Crippen molar-refractivity contribution in [3.8, 4) is 11.5 Å². The number of ether oxygens (including phenoxy) is 2. The van der Waals surface area contributed by atoms with Crippen LogP contribution in [-0.2, 0) is 12.8 Å². The number of nitrogens with zero attached hydrogens (tertiary/aromatic N) is 2. The molecule has 158 valence electrons. The molecule has 0 bridgehead atoms. The second-order valence-corrected chi connectivity index (χ2v) is 7.63. The zero-order valence-corrected chi connectivity index (χ0v) is 17.8. The molecule has 0 aromatic heterocycles. The van der Waals surface area contributed by atoms with Crippen molar-refractivity contribution >= 4 is 18.1 Å². The van der Waals surface area contributed by atoms with Crippen LogP contribution in [0.25, 0.3) is 0 Å². The molecule has 0 atom stereocenters. The van der Waals surface area contributed by atoms with Crippen molar-refractivity contribution < 1.29 is 13.9 Å². The SMILES string of the molecule is COc1cc2c(cc1OCCCN1CCN(c3ccc(F)cc3)CC1)CCC2.Cl. The van der Waals surface area contributed by atoms with Crippen molar-refractivity contribution in [2.45, 2.75) is 25.7 Å². The number of methoxy groups -OCH3 is 1. The summed E-state index contributed by atoms with van der Waals surface area (Å²) >= 11 is 0. The zero-order valence-electron chi connectivity index (χ0n) is 17.0. The number of anilines is 1. The van der Waals surface area contributed by atoms with Gasteiger partial charge in [-0.3, -0.25) is 4.90 Å². The minimum atomic E-state index is -0.178. The lowest BCUT2D eigenvalue weighted by Crippen LogP contribution is -2.46. The first-order chi connectivity index (χ1) is 13.7. The molecule has 29 heavy (non-hydrogen) atoms. The normalized spacial score (nSPS) is 16.3. The van der Waals surface area contributed by atoms with Gasteiger partial charge in [-0.25, -0.2) is 4.39 Å². The van der Waals surface area contributed by atoms with E-state index in [1.54, 1.807) is 7.11 Å². The van der Waals surface area contributed by atoms with Crippen LogP contribution in [0.15, 0.2) is 36.4 Å².